The summed E-state index contributed by atoms with van der Waals surface area (Å²) in [6, 6.07) is 6.10. The Morgan fingerprint density at radius 3 is 2.92 bits per heavy atom. The van der Waals surface area contributed by atoms with Crippen molar-refractivity contribution in [3.05, 3.63) is 45.4 Å². The van der Waals surface area contributed by atoms with E-state index in [0.29, 0.717) is 6.54 Å². The Balaban J connectivity index is 1.59. The van der Waals surface area contributed by atoms with Crippen molar-refractivity contribution in [2.24, 2.45) is 0 Å². The van der Waals surface area contributed by atoms with E-state index in [1.807, 2.05) is 16.8 Å². The van der Waals surface area contributed by atoms with Gasteiger partial charge in [-0.1, -0.05) is 35.1 Å². The van der Waals surface area contributed by atoms with Crippen LogP contribution in [0.1, 0.15) is 5.56 Å². The predicted molar refractivity (Wildman–Crippen MR) is 109 cm³/mol. The molecule has 0 amide bonds. The molecule has 2 aromatic rings. The molecular formula is C17H23ClN5S2+. The zero-order valence-corrected chi connectivity index (χ0v) is 16.7. The van der Waals surface area contributed by atoms with Gasteiger partial charge in [0, 0.05) is 17.3 Å². The van der Waals surface area contributed by atoms with E-state index < -0.39 is 0 Å². The third-order valence-corrected chi connectivity index (χ3v) is 5.86. The number of nitrogens with one attached hydrogen (secondary N) is 2. The minimum absolute atomic E-state index is 0.701. The second-order valence-corrected chi connectivity index (χ2v) is 8.23. The highest BCUT2D eigenvalue weighted by molar-refractivity contribution is 7.73. The summed E-state index contributed by atoms with van der Waals surface area (Å²) >= 11 is 13.1. The third kappa shape index (κ3) is 4.61. The van der Waals surface area contributed by atoms with E-state index >= 15 is 0 Å². The first-order valence-electron chi connectivity index (χ1n) is 8.34. The molecule has 8 heteroatoms. The molecule has 25 heavy (non-hydrogen) atoms. The fourth-order valence-electron chi connectivity index (χ4n) is 2.99. The van der Waals surface area contributed by atoms with Crippen LogP contribution in [0.25, 0.3) is 0 Å². The summed E-state index contributed by atoms with van der Waals surface area (Å²) in [6.45, 7) is 11.5. The van der Waals surface area contributed by atoms with Gasteiger partial charge in [0.15, 0.2) is 10.6 Å². The normalized spacial score (nSPS) is 15.4. The fourth-order valence-corrected chi connectivity index (χ4v) is 4.17. The molecule has 134 valence electrons. The van der Waals surface area contributed by atoms with E-state index in [1.165, 1.54) is 27.5 Å². The molecular weight excluding hydrogens is 374 g/mol. The van der Waals surface area contributed by atoms with E-state index in [9.17, 15) is 0 Å². The third-order valence-electron chi connectivity index (χ3n) is 4.36. The van der Waals surface area contributed by atoms with Gasteiger partial charge in [0.05, 0.1) is 26.2 Å². The Morgan fingerprint density at radius 1 is 1.44 bits per heavy atom. The summed E-state index contributed by atoms with van der Waals surface area (Å²) in [5.41, 5.74) is 2.51. The van der Waals surface area contributed by atoms with Gasteiger partial charge < -0.3 is 15.1 Å². The molecule has 1 aromatic carbocycles. The number of hydrogen-bond donors (Lipinski definition) is 2. The molecule has 1 saturated heterocycles. The van der Waals surface area contributed by atoms with Crippen molar-refractivity contribution in [1.29, 1.82) is 0 Å². The molecule has 0 spiro atoms. The van der Waals surface area contributed by atoms with Crippen molar-refractivity contribution in [3.63, 3.8) is 0 Å². The molecule has 1 aromatic heterocycles. The van der Waals surface area contributed by atoms with E-state index in [1.54, 1.807) is 0 Å². The van der Waals surface area contributed by atoms with Gasteiger partial charge in [-0.05, 0) is 36.8 Å². The summed E-state index contributed by atoms with van der Waals surface area (Å²) in [4.78, 5) is 3.91. The van der Waals surface area contributed by atoms with Crippen molar-refractivity contribution >= 4 is 46.0 Å². The molecule has 1 fully saturated rings. The number of benzene rings is 1. The minimum atomic E-state index is 0.701. The van der Waals surface area contributed by atoms with Gasteiger partial charge in [0.25, 0.3) is 0 Å². The Hall–Kier alpha value is -1.41. The van der Waals surface area contributed by atoms with Crippen molar-refractivity contribution in [2.75, 3.05) is 42.9 Å². The highest BCUT2D eigenvalue weighted by Crippen LogP contribution is 2.24. The predicted octanol–water partition coefficient (Wildman–Crippen LogP) is 2.60. The number of nitrogens with zero attached hydrogens (tertiary/aromatic N) is 3. The van der Waals surface area contributed by atoms with Gasteiger partial charge >= 0.3 is 0 Å². The Morgan fingerprint density at radius 2 is 2.20 bits per heavy atom. The maximum atomic E-state index is 6.16. The number of quaternary nitrogens is 1. The van der Waals surface area contributed by atoms with Crippen molar-refractivity contribution < 1.29 is 4.90 Å². The van der Waals surface area contributed by atoms with Gasteiger partial charge in [-0.25, -0.2) is 0 Å². The van der Waals surface area contributed by atoms with Crippen LogP contribution >= 0.6 is 35.2 Å². The zero-order valence-electron chi connectivity index (χ0n) is 14.3. The maximum Gasteiger partial charge on any atom is 0.205 e. The lowest BCUT2D eigenvalue weighted by Crippen LogP contribution is -3.14. The Kier molecular flexibility index (Phi) is 6.11. The molecule has 0 unspecified atom stereocenters. The van der Waals surface area contributed by atoms with E-state index in [0.717, 1.165) is 47.0 Å². The number of anilines is 2. The number of aryl methyl sites for hydroxylation is 1. The number of piperazine rings is 1. The first-order chi connectivity index (χ1) is 12.1. The average Bonchev–Trinajstić information content (AvgIpc) is 2.95. The van der Waals surface area contributed by atoms with E-state index in [4.69, 9.17) is 23.8 Å². The van der Waals surface area contributed by atoms with Gasteiger partial charge in [-0.2, -0.15) is 4.68 Å². The molecule has 5 nitrogen and oxygen atoms in total. The molecule has 0 radical (unpaired) electrons. The molecule has 0 aliphatic carbocycles. The van der Waals surface area contributed by atoms with Gasteiger partial charge in [-0.15, -0.1) is 11.7 Å². The number of hydrogen-bond acceptors (Lipinski definition) is 5. The molecule has 0 atom stereocenters. The Bertz CT molecular complexity index is 793. The molecule has 0 saturated carbocycles. The smallest absolute Gasteiger partial charge is 0.205 e. The summed E-state index contributed by atoms with van der Waals surface area (Å²) < 4.78 is 2.74. The summed E-state index contributed by atoms with van der Waals surface area (Å²) in [5.74, 6) is 0. The summed E-state index contributed by atoms with van der Waals surface area (Å²) in [5, 5.41) is 9.42. The number of rotatable bonds is 6. The second kappa shape index (κ2) is 8.31. The second-order valence-electron chi connectivity index (χ2n) is 6.17. The van der Waals surface area contributed by atoms with Crippen LogP contribution in [0.15, 0.2) is 30.9 Å². The van der Waals surface area contributed by atoms with Crippen LogP contribution in [0.2, 0.25) is 5.02 Å². The van der Waals surface area contributed by atoms with Gasteiger partial charge in [0.1, 0.15) is 0 Å². The number of aromatic nitrogens is 2. The SMILES string of the molecule is C=CCNc1nn(C[NH+]2CCN(c3cc(Cl)ccc3C)CC2)c(=S)s1. The van der Waals surface area contributed by atoms with Crippen LogP contribution < -0.4 is 15.1 Å². The first-order valence-corrected chi connectivity index (χ1v) is 9.94. The molecule has 2 heterocycles. The van der Waals surface area contributed by atoms with Crippen LogP contribution in [-0.2, 0) is 6.67 Å². The lowest BCUT2D eigenvalue weighted by atomic mass is 10.1. The van der Waals surface area contributed by atoms with Gasteiger partial charge in [0.2, 0.25) is 5.13 Å². The van der Waals surface area contributed by atoms with E-state index in [-0.39, 0.29) is 0 Å². The topological polar surface area (TPSA) is 37.5 Å². The van der Waals surface area contributed by atoms with Crippen molar-refractivity contribution in [2.45, 2.75) is 13.6 Å². The molecule has 1 aliphatic rings. The molecule has 2 N–H and O–H groups in total. The summed E-state index contributed by atoms with van der Waals surface area (Å²) in [6.07, 6.45) is 1.82. The quantitative estimate of drug-likeness (QED) is 0.581. The van der Waals surface area contributed by atoms with Crippen molar-refractivity contribution in [1.82, 2.24) is 9.78 Å². The van der Waals surface area contributed by atoms with Crippen LogP contribution in [-0.4, -0.2) is 42.5 Å². The van der Waals surface area contributed by atoms with Gasteiger partial charge in [-0.3, -0.25) is 0 Å². The molecule has 3 rings (SSSR count). The zero-order chi connectivity index (χ0) is 17.8. The molecule has 1 aliphatic heterocycles. The van der Waals surface area contributed by atoms with Crippen LogP contribution in [0.5, 0.6) is 0 Å². The maximum absolute atomic E-state index is 6.16. The van der Waals surface area contributed by atoms with Crippen molar-refractivity contribution in [3.8, 4) is 0 Å². The highest BCUT2D eigenvalue weighted by Gasteiger charge is 2.22. The number of halogens is 1. The Labute approximate surface area is 162 Å². The van der Waals surface area contributed by atoms with Crippen LogP contribution in [0, 0.1) is 10.9 Å². The lowest BCUT2D eigenvalue weighted by Gasteiger charge is -2.34. The molecule has 0 bridgehead atoms. The van der Waals surface area contributed by atoms with E-state index in [2.05, 4.69) is 41.0 Å². The van der Waals surface area contributed by atoms with Crippen LogP contribution in [0.3, 0.4) is 0 Å². The standard InChI is InChI=1S/C17H22ClN5S2/c1-3-6-19-16-20-23(17(24)25-16)12-21-7-9-22(10-8-21)15-11-14(18)5-4-13(15)2/h3-5,11H,1,6-10,12H2,2H3,(H,19,20)/p+1. The lowest BCUT2D eigenvalue weighted by molar-refractivity contribution is -0.924. The minimum Gasteiger partial charge on any atom is -0.360 e. The average molecular weight is 397 g/mol. The van der Waals surface area contributed by atoms with Crippen LogP contribution in [0.4, 0.5) is 10.8 Å². The fraction of sp³-hybridized carbons (Fsp3) is 0.412. The first kappa shape index (κ1) is 18.4. The highest BCUT2D eigenvalue weighted by atomic mass is 35.5. The monoisotopic (exact) mass is 396 g/mol. The summed E-state index contributed by atoms with van der Waals surface area (Å²) in [7, 11) is 0. The largest absolute Gasteiger partial charge is 0.360 e.